The summed E-state index contributed by atoms with van der Waals surface area (Å²) in [5.74, 6) is -1.37. The fourth-order valence-electron chi connectivity index (χ4n) is 3.08. The van der Waals surface area contributed by atoms with Crippen molar-refractivity contribution >= 4 is 17.8 Å². The van der Waals surface area contributed by atoms with Gasteiger partial charge in [-0.15, -0.1) is 0 Å². The highest BCUT2D eigenvalue weighted by atomic mass is 16.5. The summed E-state index contributed by atoms with van der Waals surface area (Å²) >= 11 is 0. The second-order valence-electron chi connectivity index (χ2n) is 6.81. The van der Waals surface area contributed by atoms with Gasteiger partial charge in [-0.3, -0.25) is 9.59 Å². The van der Waals surface area contributed by atoms with Crippen molar-refractivity contribution in [1.82, 2.24) is 10.2 Å². The number of morpholine rings is 1. The van der Waals surface area contributed by atoms with Gasteiger partial charge in [0.2, 0.25) is 0 Å². The molecular formula is C22H24N2O5. The van der Waals surface area contributed by atoms with Gasteiger partial charge in [-0.25, -0.2) is 4.79 Å². The van der Waals surface area contributed by atoms with Crippen molar-refractivity contribution in [3.8, 4) is 0 Å². The number of amides is 2. The van der Waals surface area contributed by atoms with Gasteiger partial charge in [-0.05, 0) is 24.6 Å². The van der Waals surface area contributed by atoms with Gasteiger partial charge in [-0.2, -0.15) is 0 Å². The molecule has 152 valence electrons. The summed E-state index contributed by atoms with van der Waals surface area (Å²) < 4.78 is 10.7. The first-order valence-electron chi connectivity index (χ1n) is 9.51. The Morgan fingerprint density at radius 3 is 2.41 bits per heavy atom. The average Bonchev–Trinajstić information content (AvgIpc) is 2.76. The Balaban J connectivity index is 1.66. The molecule has 1 N–H and O–H groups in total. The van der Waals surface area contributed by atoms with Gasteiger partial charge in [-0.1, -0.05) is 48.5 Å². The van der Waals surface area contributed by atoms with Crippen LogP contribution in [0.2, 0.25) is 0 Å². The van der Waals surface area contributed by atoms with Crippen molar-refractivity contribution in [2.75, 3.05) is 26.3 Å². The van der Waals surface area contributed by atoms with Crippen LogP contribution in [0.3, 0.4) is 0 Å². The van der Waals surface area contributed by atoms with Gasteiger partial charge in [0, 0.05) is 18.7 Å². The first-order chi connectivity index (χ1) is 14.0. The third kappa shape index (κ3) is 5.65. The van der Waals surface area contributed by atoms with E-state index in [9.17, 15) is 14.4 Å². The zero-order chi connectivity index (χ0) is 20.6. The smallest absolute Gasteiger partial charge is 0.333 e. The lowest BCUT2D eigenvalue weighted by Gasteiger charge is -2.31. The number of ether oxygens (including phenoxy) is 2. The van der Waals surface area contributed by atoms with E-state index in [1.807, 2.05) is 13.0 Å². The number of hydrogen-bond acceptors (Lipinski definition) is 5. The second kappa shape index (κ2) is 9.84. The van der Waals surface area contributed by atoms with E-state index in [-0.39, 0.29) is 18.6 Å². The molecule has 0 saturated carbocycles. The molecular weight excluding hydrogens is 372 g/mol. The molecule has 2 amide bonds. The molecule has 7 heteroatoms. The van der Waals surface area contributed by atoms with Gasteiger partial charge in [0.25, 0.3) is 11.8 Å². The van der Waals surface area contributed by atoms with Gasteiger partial charge in [0.15, 0.2) is 12.6 Å². The SMILES string of the molecule is CC1CN(C(=O)COC(=O)C(NC(=O)c2ccccc2)c2ccccc2)CCO1. The Morgan fingerprint density at radius 1 is 1.10 bits per heavy atom. The van der Waals surface area contributed by atoms with Crippen LogP contribution in [0.5, 0.6) is 0 Å². The number of rotatable bonds is 6. The molecule has 2 unspecified atom stereocenters. The summed E-state index contributed by atoms with van der Waals surface area (Å²) in [5.41, 5.74) is 1.01. The molecule has 0 radical (unpaired) electrons. The molecule has 1 aliphatic rings. The van der Waals surface area contributed by atoms with E-state index in [0.29, 0.717) is 30.8 Å². The van der Waals surface area contributed by atoms with Crippen LogP contribution in [-0.4, -0.2) is 55.1 Å². The number of carbonyl (C=O) groups is 3. The molecule has 2 aromatic carbocycles. The summed E-state index contributed by atoms with van der Waals surface area (Å²) in [7, 11) is 0. The van der Waals surface area contributed by atoms with Crippen LogP contribution >= 0.6 is 0 Å². The highest BCUT2D eigenvalue weighted by Crippen LogP contribution is 2.16. The fourth-order valence-corrected chi connectivity index (χ4v) is 3.08. The van der Waals surface area contributed by atoms with Gasteiger partial charge in [0.1, 0.15) is 0 Å². The minimum Gasteiger partial charge on any atom is -0.454 e. The zero-order valence-electron chi connectivity index (χ0n) is 16.2. The number of hydrogen-bond donors (Lipinski definition) is 1. The number of nitrogens with zero attached hydrogens (tertiary/aromatic N) is 1. The van der Waals surface area contributed by atoms with E-state index >= 15 is 0 Å². The van der Waals surface area contributed by atoms with Gasteiger partial charge in [0.05, 0.1) is 12.7 Å². The number of benzene rings is 2. The third-order valence-corrected chi connectivity index (χ3v) is 4.61. The van der Waals surface area contributed by atoms with E-state index < -0.39 is 17.9 Å². The van der Waals surface area contributed by atoms with E-state index in [1.54, 1.807) is 59.5 Å². The zero-order valence-corrected chi connectivity index (χ0v) is 16.2. The quantitative estimate of drug-likeness (QED) is 0.755. The summed E-state index contributed by atoms with van der Waals surface area (Å²) in [5, 5.41) is 2.70. The Hall–Kier alpha value is -3.19. The number of nitrogens with one attached hydrogen (secondary N) is 1. The molecule has 1 saturated heterocycles. The predicted molar refractivity (Wildman–Crippen MR) is 106 cm³/mol. The summed E-state index contributed by atoms with van der Waals surface area (Å²) in [4.78, 5) is 39.2. The maximum atomic E-state index is 12.7. The molecule has 2 aromatic rings. The first-order valence-corrected chi connectivity index (χ1v) is 9.51. The Morgan fingerprint density at radius 2 is 1.76 bits per heavy atom. The Bertz CT molecular complexity index is 841. The molecule has 29 heavy (non-hydrogen) atoms. The molecule has 1 fully saturated rings. The standard InChI is InChI=1S/C22H24N2O5/c1-16-14-24(12-13-28-16)19(25)15-29-22(27)20(17-8-4-2-5-9-17)23-21(26)18-10-6-3-7-11-18/h2-11,16,20H,12-15H2,1H3,(H,23,26). The van der Waals surface area contributed by atoms with Crippen LogP contribution in [0, 0.1) is 0 Å². The van der Waals surface area contributed by atoms with Crippen molar-refractivity contribution in [3.63, 3.8) is 0 Å². The lowest BCUT2D eigenvalue weighted by atomic mass is 10.1. The topological polar surface area (TPSA) is 84.9 Å². The van der Waals surface area contributed by atoms with Crippen LogP contribution in [-0.2, 0) is 19.1 Å². The van der Waals surface area contributed by atoms with Crippen LogP contribution in [0.15, 0.2) is 60.7 Å². The number of esters is 1. The largest absolute Gasteiger partial charge is 0.454 e. The van der Waals surface area contributed by atoms with E-state index in [2.05, 4.69) is 5.32 Å². The van der Waals surface area contributed by atoms with Crippen LogP contribution in [0.4, 0.5) is 0 Å². The van der Waals surface area contributed by atoms with Gasteiger partial charge >= 0.3 is 5.97 Å². The maximum Gasteiger partial charge on any atom is 0.333 e. The second-order valence-corrected chi connectivity index (χ2v) is 6.81. The predicted octanol–water partition coefficient (Wildman–Crippen LogP) is 1.95. The van der Waals surface area contributed by atoms with E-state index in [0.717, 1.165) is 0 Å². The molecule has 0 bridgehead atoms. The lowest BCUT2D eigenvalue weighted by molar-refractivity contribution is -0.156. The molecule has 1 heterocycles. The van der Waals surface area contributed by atoms with Crippen LogP contribution < -0.4 is 5.32 Å². The highest BCUT2D eigenvalue weighted by molar-refractivity contribution is 5.97. The average molecular weight is 396 g/mol. The lowest BCUT2D eigenvalue weighted by Crippen LogP contribution is -2.46. The van der Waals surface area contributed by atoms with Crippen molar-refractivity contribution in [1.29, 1.82) is 0 Å². The van der Waals surface area contributed by atoms with Crippen molar-refractivity contribution in [2.45, 2.75) is 19.1 Å². The molecule has 2 atom stereocenters. The third-order valence-electron chi connectivity index (χ3n) is 4.61. The van der Waals surface area contributed by atoms with Crippen molar-refractivity contribution < 1.29 is 23.9 Å². The molecule has 1 aliphatic heterocycles. The summed E-state index contributed by atoms with van der Waals surface area (Å²) in [6.45, 7) is 2.89. The molecule has 3 rings (SSSR count). The van der Waals surface area contributed by atoms with Crippen LogP contribution in [0.1, 0.15) is 28.9 Å². The van der Waals surface area contributed by atoms with Gasteiger partial charge < -0.3 is 19.7 Å². The minimum absolute atomic E-state index is 0.0503. The van der Waals surface area contributed by atoms with E-state index in [1.165, 1.54) is 0 Å². The monoisotopic (exact) mass is 396 g/mol. The Labute approximate surface area is 169 Å². The first kappa shape index (κ1) is 20.5. The van der Waals surface area contributed by atoms with Crippen molar-refractivity contribution in [3.05, 3.63) is 71.8 Å². The summed E-state index contributed by atoms with van der Waals surface area (Å²) in [6.07, 6.45) is -0.0503. The van der Waals surface area contributed by atoms with Crippen LogP contribution in [0.25, 0.3) is 0 Å². The fraction of sp³-hybridized carbons (Fsp3) is 0.318. The number of carbonyl (C=O) groups excluding carboxylic acids is 3. The molecule has 0 aromatic heterocycles. The normalized spacial score (nSPS) is 17.3. The van der Waals surface area contributed by atoms with Crippen molar-refractivity contribution in [2.24, 2.45) is 0 Å². The molecule has 7 nitrogen and oxygen atoms in total. The molecule has 0 spiro atoms. The van der Waals surface area contributed by atoms with E-state index in [4.69, 9.17) is 9.47 Å². The Kier molecular flexibility index (Phi) is 6.97. The minimum atomic E-state index is -1.01. The maximum absolute atomic E-state index is 12.7. The molecule has 0 aliphatic carbocycles. The summed E-state index contributed by atoms with van der Waals surface area (Å²) in [6, 6.07) is 16.4. The highest BCUT2D eigenvalue weighted by Gasteiger charge is 2.27.